The van der Waals surface area contributed by atoms with Gasteiger partial charge < -0.3 is 4.55 Å². The predicted octanol–water partition coefficient (Wildman–Crippen LogP) is -0.0638. The lowest BCUT2D eigenvalue weighted by atomic mass is 10.1. The first kappa shape index (κ1) is 8.40. The van der Waals surface area contributed by atoms with Gasteiger partial charge in [0.1, 0.15) is 0 Å². The molecule has 11 heavy (non-hydrogen) atoms. The van der Waals surface area contributed by atoms with Gasteiger partial charge in [-0.2, -0.15) is 5.26 Å². The Balaban J connectivity index is 2.54. The largest absolute Gasteiger partial charge is 0.760 e. The lowest BCUT2D eigenvalue weighted by Crippen LogP contribution is -2.41. The molecule has 60 valence electrons. The predicted molar refractivity (Wildman–Crippen MR) is 38.8 cm³/mol. The van der Waals surface area contributed by atoms with Crippen LogP contribution in [0, 0.1) is 11.3 Å². The zero-order chi connectivity index (χ0) is 8.43. The van der Waals surface area contributed by atoms with Gasteiger partial charge in [-0.15, -0.1) is 0 Å². The van der Waals surface area contributed by atoms with Crippen molar-refractivity contribution in [2.24, 2.45) is 0 Å². The SMILES string of the molecule is CC(C#N)=C1CN(S(=O)[O-])C1. The number of hydrogen-bond acceptors (Lipinski definition) is 3. The van der Waals surface area contributed by atoms with Gasteiger partial charge >= 0.3 is 0 Å². The molecule has 1 aliphatic rings. The summed E-state index contributed by atoms with van der Waals surface area (Å²) in [5.41, 5.74) is 1.54. The van der Waals surface area contributed by atoms with Gasteiger partial charge in [-0.25, -0.2) is 4.31 Å². The van der Waals surface area contributed by atoms with E-state index in [2.05, 4.69) is 0 Å². The van der Waals surface area contributed by atoms with Crippen molar-refractivity contribution in [1.29, 1.82) is 5.26 Å². The Morgan fingerprint density at radius 1 is 1.82 bits per heavy atom. The van der Waals surface area contributed by atoms with Gasteiger partial charge in [-0.1, -0.05) is 0 Å². The van der Waals surface area contributed by atoms with E-state index in [1.165, 1.54) is 4.31 Å². The van der Waals surface area contributed by atoms with Gasteiger partial charge in [0.2, 0.25) is 0 Å². The Bertz CT molecular complexity index is 258. The summed E-state index contributed by atoms with van der Waals surface area (Å²) in [5.74, 6) is 0. The molecule has 1 aliphatic heterocycles. The Morgan fingerprint density at radius 2 is 2.36 bits per heavy atom. The Labute approximate surface area is 67.5 Å². The molecule has 0 amide bonds. The molecule has 1 atom stereocenters. The highest BCUT2D eigenvalue weighted by Crippen LogP contribution is 2.18. The summed E-state index contributed by atoms with van der Waals surface area (Å²) in [7, 11) is 0. The highest BCUT2D eigenvalue weighted by atomic mass is 32.2. The molecule has 1 saturated heterocycles. The van der Waals surface area contributed by atoms with Crippen LogP contribution in [0.1, 0.15) is 6.92 Å². The summed E-state index contributed by atoms with van der Waals surface area (Å²) in [6, 6.07) is 1.98. The fourth-order valence-corrected chi connectivity index (χ4v) is 1.32. The first-order valence-corrected chi connectivity index (χ1v) is 4.11. The second-order valence-corrected chi connectivity index (χ2v) is 3.31. The summed E-state index contributed by atoms with van der Waals surface area (Å²) in [4.78, 5) is 0. The summed E-state index contributed by atoms with van der Waals surface area (Å²) in [6.45, 7) is 2.46. The summed E-state index contributed by atoms with van der Waals surface area (Å²) in [5, 5.41) is 8.41. The van der Waals surface area contributed by atoms with E-state index in [0.717, 1.165) is 5.57 Å². The molecule has 1 fully saturated rings. The molecule has 4 nitrogen and oxygen atoms in total. The first-order valence-electron chi connectivity index (χ1n) is 3.08. The van der Waals surface area contributed by atoms with Gasteiger partial charge in [0.25, 0.3) is 0 Å². The third-order valence-electron chi connectivity index (χ3n) is 1.64. The highest BCUT2D eigenvalue weighted by Gasteiger charge is 2.22. The molecule has 0 N–H and O–H groups in total. The van der Waals surface area contributed by atoms with Crippen LogP contribution >= 0.6 is 0 Å². The van der Waals surface area contributed by atoms with E-state index in [-0.39, 0.29) is 0 Å². The number of nitriles is 1. The minimum atomic E-state index is -2.12. The Hall–Kier alpha value is -0.700. The number of nitrogens with zero attached hydrogens (tertiary/aromatic N) is 2. The van der Waals surface area contributed by atoms with Gasteiger partial charge in [0.15, 0.2) is 0 Å². The lowest BCUT2D eigenvalue weighted by Gasteiger charge is -2.35. The smallest absolute Gasteiger partial charge is 0.0944 e. The van der Waals surface area contributed by atoms with Crippen molar-refractivity contribution in [1.82, 2.24) is 4.31 Å². The second kappa shape index (κ2) is 3.13. The van der Waals surface area contributed by atoms with Crippen LogP contribution in [0.15, 0.2) is 11.1 Å². The third kappa shape index (κ3) is 1.66. The van der Waals surface area contributed by atoms with Gasteiger partial charge in [-0.3, -0.25) is 4.21 Å². The number of allylic oxidation sites excluding steroid dienone is 1. The van der Waals surface area contributed by atoms with Crippen LogP contribution < -0.4 is 0 Å². The van der Waals surface area contributed by atoms with E-state index in [1.807, 2.05) is 6.07 Å². The minimum absolute atomic E-state index is 0.384. The maximum absolute atomic E-state index is 10.3. The van der Waals surface area contributed by atoms with E-state index in [9.17, 15) is 8.76 Å². The van der Waals surface area contributed by atoms with Crippen molar-refractivity contribution < 1.29 is 8.76 Å². The van der Waals surface area contributed by atoms with E-state index >= 15 is 0 Å². The molecule has 0 aromatic rings. The third-order valence-corrected chi connectivity index (χ3v) is 2.32. The quantitative estimate of drug-likeness (QED) is 0.410. The van der Waals surface area contributed by atoms with Crippen molar-refractivity contribution in [2.75, 3.05) is 13.1 Å². The summed E-state index contributed by atoms with van der Waals surface area (Å²) < 4.78 is 21.8. The molecule has 0 aromatic carbocycles. The molecular weight excluding hydrogens is 164 g/mol. The molecule has 1 heterocycles. The number of rotatable bonds is 1. The van der Waals surface area contributed by atoms with Crippen molar-refractivity contribution >= 4 is 11.3 Å². The van der Waals surface area contributed by atoms with Crippen molar-refractivity contribution in [2.45, 2.75) is 6.92 Å². The van der Waals surface area contributed by atoms with E-state index in [4.69, 9.17) is 5.26 Å². The van der Waals surface area contributed by atoms with E-state index < -0.39 is 11.3 Å². The zero-order valence-electron chi connectivity index (χ0n) is 6.03. The molecule has 1 unspecified atom stereocenters. The standard InChI is InChI=1S/C6H8N2O2S/c1-5(2-7)6-3-8(4-6)11(9)10/h3-4H2,1H3,(H,9,10)/p-1. The van der Waals surface area contributed by atoms with Crippen molar-refractivity contribution in [3.63, 3.8) is 0 Å². The van der Waals surface area contributed by atoms with Crippen LogP contribution in [0.5, 0.6) is 0 Å². The van der Waals surface area contributed by atoms with Crippen molar-refractivity contribution in [3.05, 3.63) is 11.1 Å². The first-order chi connectivity index (χ1) is 5.15. The highest BCUT2D eigenvalue weighted by molar-refractivity contribution is 7.76. The second-order valence-electron chi connectivity index (χ2n) is 2.36. The number of hydrogen-bond donors (Lipinski definition) is 0. The molecule has 1 rings (SSSR count). The molecular formula is C6H7N2O2S-. The van der Waals surface area contributed by atoms with Crippen LogP contribution in [0.3, 0.4) is 0 Å². The maximum atomic E-state index is 10.3. The van der Waals surface area contributed by atoms with Crippen molar-refractivity contribution in [3.8, 4) is 6.07 Å². The summed E-state index contributed by atoms with van der Waals surface area (Å²) in [6.07, 6.45) is 0. The molecule has 0 spiro atoms. The average molecular weight is 171 g/mol. The molecule has 0 saturated carbocycles. The Morgan fingerprint density at radius 3 is 2.73 bits per heavy atom. The molecule has 5 heteroatoms. The normalized spacial score (nSPS) is 20.3. The maximum Gasteiger partial charge on any atom is 0.0944 e. The van der Waals surface area contributed by atoms with Gasteiger partial charge in [-0.05, 0) is 12.5 Å². The summed E-state index contributed by atoms with van der Waals surface area (Å²) >= 11 is -2.12. The molecule has 0 aliphatic carbocycles. The minimum Gasteiger partial charge on any atom is -0.760 e. The van der Waals surface area contributed by atoms with E-state index in [1.54, 1.807) is 6.92 Å². The van der Waals surface area contributed by atoms with Gasteiger partial charge in [0, 0.05) is 29.9 Å². The topological polar surface area (TPSA) is 67.2 Å². The molecule has 0 bridgehead atoms. The fraction of sp³-hybridized carbons (Fsp3) is 0.500. The van der Waals surface area contributed by atoms with Crippen LogP contribution in [0.25, 0.3) is 0 Å². The molecule has 0 radical (unpaired) electrons. The Kier molecular flexibility index (Phi) is 2.39. The monoisotopic (exact) mass is 171 g/mol. The van der Waals surface area contributed by atoms with Gasteiger partial charge in [0.05, 0.1) is 6.07 Å². The fourth-order valence-electron chi connectivity index (χ4n) is 0.801. The van der Waals surface area contributed by atoms with E-state index in [0.29, 0.717) is 18.7 Å². The van der Waals surface area contributed by atoms with Crippen LogP contribution in [0.4, 0.5) is 0 Å². The zero-order valence-corrected chi connectivity index (χ0v) is 6.85. The average Bonchev–Trinajstić information content (AvgIpc) is 1.83. The van der Waals surface area contributed by atoms with Crippen LogP contribution in [-0.4, -0.2) is 26.2 Å². The van der Waals surface area contributed by atoms with Crippen LogP contribution in [0.2, 0.25) is 0 Å². The molecule has 0 aromatic heterocycles. The van der Waals surface area contributed by atoms with Crippen LogP contribution in [-0.2, 0) is 11.3 Å². The lowest BCUT2D eigenvalue weighted by molar-refractivity contribution is 0.368.